The van der Waals surface area contributed by atoms with Gasteiger partial charge >= 0.3 is 0 Å². The molecule has 1 aromatic carbocycles. The normalized spacial score (nSPS) is 16.9. The Bertz CT molecular complexity index is 343. The fraction of sp³-hybridized carbons (Fsp3) is 0.571. The van der Waals surface area contributed by atoms with Gasteiger partial charge in [0.2, 0.25) is 0 Å². The van der Waals surface area contributed by atoms with Gasteiger partial charge in [0.15, 0.2) is 0 Å². The molecule has 0 amide bonds. The number of benzene rings is 1. The van der Waals surface area contributed by atoms with Crippen LogP contribution in [0.25, 0.3) is 0 Å². The summed E-state index contributed by atoms with van der Waals surface area (Å²) < 4.78 is 0. The summed E-state index contributed by atoms with van der Waals surface area (Å²) in [6.07, 6.45) is 5.61. The quantitative estimate of drug-likeness (QED) is 0.803. The number of hydrogen-bond donors (Lipinski definition) is 1. The van der Waals surface area contributed by atoms with Gasteiger partial charge in [-0.1, -0.05) is 30.5 Å². The minimum absolute atomic E-state index is 0.161. The molecular weight excluding hydrogens is 216 g/mol. The molecular formula is C14H20OS. The van der Waals surface area contributed by atoms with Crippen LogP contribution < -0.4 is 0 Å². The Labute approximate surface area is 102 Å². The van der Waals surface area contributed by atoms with Gasteiger partial charge in [-0.2, -0.15) is 0 Å². The van der Waals surface area contributed by atoms with E-state index in [1.54, 1.807) is 0 Å². The van der Waals surface area contributed by atoms with Crippen molar-refractivity contribution in [3.63, 3.8) is 0 Å². The van der Waals surface area contributed by atoms with Crippen molar-refractivity contribution in [2.24, 2.45) is 5.92 Å². The standard InChI is InChI=1S/C14H20OS/c1-11-6-7-14(13(8-11)9-15)16-10-12-4-2-3-5-12/h6-8,12,15H,2-5,9-10H2,1H3. The average Bonchev–Trinajstić information content (AvgIpc) is 2.80. The van der Waals surface area contributed by atoms with E-state index in [0.29, 0.717) is 0 Å². The topological polar surface area (TPSA) is 20.2 Å². The van der Waals surface area contributed by atoms with Gasteiger partial charge in [-0.05, 0) is 37.3 Å². The Morgan fingerprint density at radius 2 is 2.06 bits per heavy atom. The zero-order chi connectivity index (χ0) is 11.4. The van der Waals surface area contributed by atoms with Crippen molar-refractivity contribution < 1.29 is 5.11 Å². The molecule has 0 spiro atoms. The van der Waals surface area contributed by atoms with Crippen molar-refractivity contribution in [2.75, 3.05) is 5.75 Å². The van der Waals surface area contributed by atoms with Gasteiger partial charge in [-0.15, -0.1) is 11.8 Å². The lowest BCUT2D eigenvalue weighted by Crippen LogP contribution is -1.98. The summed E-state index contributed by atoms with van der Waals surface area (Å²) in [5.41, 5.74) is 2.32. The van der Waals surface area contributed by atoms with E-state index in [2.05, 4.69) is 25.1 Å². The van der Waals surface area contributed by atoms with E-state index in [0.717, 1.165) is 11.5 Å². The van der Waals surface area contributed by atoms with Gasteiger partial charge in [0.1, 0.15) is 0 Å². The third-order valence-corrected chi connectivity index (χ3v) is 4.68. The summed E-state index contributed by atoms with van der Waals surface area (Å²) in [7, 11) is 0. The van der Waals surface area contributed by atoms with E-state index in [9.17, 15) is 5.11 Å². The van der Waals surface area contributed by atoms with Gasteiger partial charge < -0.3 is 5.11 Å². The molecule has 1 aliphatic carbocycles. The maximum Gasteiger partial charge on any atom is 0.0692 e. The van der Waals surface area contributed by atoms with Gasteiger partial charge in [0, 0.05) is 10.6 Å². The van der Waals surface area contributed by atoms with Crippen LogP contribution in [-0.2, 0) is 6.61 Å². The highest BCUT2D eigenvalue weighted by Crippen LogP contribution is 2.32. The smallest absolute Gasteiger partial charge is 0.0692 e. The van der Waals surface area contributed by atoms with Crippen LogP contribution in [-0.4, -0.2) is 10.9 Å². The van der Waals surface area contributed by atoms with Gasteiger partial charge in [0.25, 0.3) is 0 Å². The first-order valence-electron chi connectivity index (χ1n) is 6.13. The van der Waals surface area contributed by atoms with Crippen LogP contribution in [0.2, 0.25) is 0 Å². The number of aryl methyl sites for hydroxylation is 1. The lowest BCUT2D eigenvalue weighted by Gasteiger charge is -2.11. The summed E-state index contributed by atoms with van der Waals surface area (Å²) in [5.74, 6) is 2.12. The van der Waals surface area contributed by atoms with Gasteiger partial charge in [-0.3, -0.25) is 0 Å². The molecule has 1 saturated carbocycles. The summed E-state index contributed by atoms with van der Waals surface area (Å²) in [5, 5.41) is 9.32. The van der Waals surface area contributed by atoms with Crippen LogP contribution in [0.4, 0.5) is 0 Å². The van der Waals surface area contributed by atoms with Crippen molar-refractivity contribution in [3.05, 3.63) is 29.3 Å². The lowest BCUT2D eigenvalue weighted by atomic mass is 10.1. The van der Waals surface area contributed by atoms with Crippen molar-refractivity contribution in [2.45, 2.75) is 44.1 Å². The Balaban J connectivity index is 1.97. The SMILES string of the molecule is Cc1ccc(SCC2CCCC2)c(CO)c1. The van der Waals surface area contributed by atoms with E-state index in [4.69, 9.17) is 0 Å². The summed E-state index contributed by atoms with van der Waals surface area (Å²) in [6, 6.07) is 6.38. The van der Waals surface area contributed by atoms with Gasteiger partial charge in [-0.25, -0.2) is 0 Å². The molecule has 0 heterocycles. The monoisotopic (exact) mass is 236 g/mol. The zero-order valence-electron chi connectivity index (χ0n) is 9.91. The number of aliphatic hydroxyl groups is 1. The third-order valence-electron chi connectivity index (χ3n) is 3.34. The number of aliphatic hydroxyl groups excluding tert-OH is 1. The highest BCUT2D eigenvalue weighted by molar-refractivity contribution is 7.99. The molecule has 0 aromatic heterocycles. The Kier molecular flexibility index (Phi) is 4.30. The fourth-order valence-electron chi connectivity index (χ4n) is 2.36. The second kappa shape index (κ2) is 5.74. The summed E-state index contributed by atoms with van der Waals surface area (Å²) in [4.78, 5) is 1.26. The van der Waals surface area contributed by atoms with E-state index in [1.807, 2.05) is 11.8 Å². The first kappa shape index (κ1) is 12.0. The molecule has 1 aliphatic rings. The van der Waals surface area contributed by atoms with Crippen LogP contribution in [0.3, 0.4) is 0 Å². The Morgan fingerprint density at radius 3 is 2.75 bits per heavy atom. The minimum atomic E-state index is 0.161. The minimum Gasteiger partial charge on any atom is -0.392 e. The van der Waals surface area contributed by atoms with E-state index in [1.165, 1.54) is 41.9 Å². The average molecular weight is 236 g/mol. The molecule has 0 radical (unpaired) electrons. The van der Waals surface area contributed by atoms with Crippen molar-refractivity contribution in [3.8, 4) is 0 Å². The van der Waals surface area contributed by atoms with Crippen LogP contribution >= 0.6 is 11.8 Å². The predicted molar refractivity (Wildman–Crippen MR) is 69.8 cm³/mol. The van der Waals surface area contributed by atoms with Crippen molar-refractivity contribution >= 4 is 11.8 Å². The largest absolute Gasteiger partial charge is 0.392 e. The molecule has 0 unspecified atom stereocenters. The molecule has 0 aliphatic heterocycles. The molecule has 1 fully saturated rings. The fourth-order valence-corrected chi connectivity index (χ4v) is 3.58. The molecule has 16 heavy (non-hydrogen) atoms. The molecule has 1 nitrogen and oxygen atoms in total. The lowest BCUT2D eigenvalue weighted by molar-refractivity contribution is 0.279. The van der Waals surface area contributed by atoms with E-state index in [-0.39, 0.29) is 6.61 Å². The third kappa shape index (κ3) is 3.02. The molecule has 88 valence electrons. The molecule has 2 heteroatoms. The predicted octanol–water partition coefficient (Wildman–Crippen LogP) is 3.77. The Morgan fingerprint density at radius 1 is 1.31 bits per heavy atom. The van der Waals surface area contributed by atoms with Gasteiger partial charge in [0.05, 0.1) is 6.61 Å². The van der Waals surface area contributed by atoms with Crippen LogP contribution in [0, 0.1) is 12.8 Å². The number of hydrogen-bond acceptors (Lipinski definition) is 2. The molecule has 0 bridgehead atoms. The molecule has 1 aromatic rings. The Hall–Kier alpha value is -0.470. The molecule has 2 rings (SSSR count). The maximum absolute atomic E-state index is 9.32. The first-order chi connectivity index (χ1) is 7.79. The molecule has 0 saturated heterocycles. The summed E-state index contributed by atoms with van der Waals surface area (Å²) >= 11 is 1.92. The maximum atomic E-state index is 9.32. The highest BCUT2D eigenvalue weighted by atomic mass is 32.2. The van der Waals surface area contributed by atoms with Crippen molar-refractivity contribution in [1.82, 2.24) is 0 Å². The van der Waals surface area contributed by atoms with Crippen LogP contribution in [0.1, 0.15) is 36.8 Å². The number of rotatable bonds is 4. The second-order valence-corrected chi connectivity index (χ2v) is 5.79. The van der Waals surface area contributed by atoms with E-state index < -0.39 is 0 Å². The summed E-state index contributed by atoms with van der Waals surface area (Å²) in [6.45, 7) is 2.24. The van der Waals surface area contributed by atoms with Crippen molar-refractivity contribution in [1.29, 1.82) is 0 Å². The number of thioether (sulfide) groups is 1. The van der Waals surface area contributed by atoms with E-state index >= 15 is 0 Å². The first-order valence-corrected chi connectivity index (χ1v) is 7.11. The molecule has 1 N–H and O–H groups in total. The van der Waals surface area contributed by atoms with Crippen LogP contribution in [0.15, 0.2) is 23.1 Å². The zero-order valence-corrected chi connectivity index (χ0v) is 10.7. The highest BCUT2D eigenvalue weighted by Gasteiger charge is 2.15. The second-order valence-electron chi connectivity index (χ2n) is 4.73. The molecule has 0 atom stereocenters. The van der Waals surface area contributed by atoms with Crippen LogP contribution in [0.5, 0.6) is 0 Å².